The molecule has 0 fully saturated rings. The van der Waals surface area contributed by atoms with Crippen LogP contribution in [0.5, 0.6) is 0 Å². The normalized spacial score (nSPS) is 10.8. The Hall–Kier alpha value is -3.93. The summed E-state index contributed by atoms with van der Waals surface area (Å²) in [5.74, 6) is -0.274. The number of carbonyl (C=O) groups excluding carboxylic acids is 2. The van der Waals surface area contributed by atoms with E-state index >= 15 is 0 Å². The van der Waals surface area contributed by atoms with E-state index < -0.39 is 11.9 Å². The van der Waals surface area contributed by atoms with Gasteiger partial charge in [-0.25, -0.2) is 9.59 Å². The first-order chi connectivity index (χ1) is 14.6. The van der Waals surface area contributed by atoms with Crippen LogP contribution in [0.25, 0.3) is 22.4 Å². The third-order valence-electron chi connectivity index (χ3n) is 5.08. The lowest BCUT2D eigenvalue weighted by Crippen LogP contribution is -2.33. The van der Waals surface area contributed by atoms with E-state index in [-0.39, 0.29) is 11.1 Å². The van der Waals surface area contributed by atoms with Crippen molar-refractivity contribution in [3.8, 4) is 11.4 Å². The van der Waals surface area contributed by atoms with E-state index in [1.165, 1.54) is 14.2 Å². The van der Waals surface area contributed by atoms with E-state index in [2.05, 4.69) is 9.13 Å². The van der Waals surface area contributed by atoms with E-state index in [0.29, 0.717) is 0 Å². The van der Waals surface area contributed by atoms with Gasteiger partial charge >= 0.3 is 11.9 Å². The molecule has 6 heteroatoms. The van der Waals surface area contributed by atoms with Crippen LogP contribution in [0.3, 0.4) is 0 Å². The van der Waals surface area contributed by atoms with E-state index in [9.17, 15) is 9.59 Å². The molecule has 6 nitrogen and oxygen atoms in total. The number of imidazole rings is 1. The molecule has 4 rings (SSSR count). The molecule has 0 spiro atoms. The molecule has 150 valence electrons. The van der Waals surface area contributed by atoms with Crippen LogP contribution in [0, 0.1) is 6.92 Å². The minimum Gasteiger partial charge on any atom is -0.465 e. The number of fused-ring (bicyclic) bond motifs is 1. The van der Waals surface area contributed by atoms with Crippen LogP contribution in [0.4, 0.5) is 0 Å². The number of rotatable bonds is 4. The molecule has 1 heterocycles. The zero-order valence-electron chi connectivity index (χ0n) is 17.0. The van der Waals surface area contributed by atoms with Crippen molar-refractivity contribution >= 4 is 23.0 Å². The number of nitrogens with zero attached hydrogens (tertiary/aromatic N) is 2. The van der Waals surface area contributed by atoms with Crippen LogP contribution in [0.1, 0.15) is 26.5 Å². The van der Waals surface area contributed by atoms with Gasteiger partial charge in [0, 0.05) is 19.1 Å². The second-order valence-corrected chi connectivity index (χ2v) is 6.76. The molecule has 0 saturated heterocycles. The number of hydrogen-bond donors (Lipinski definition) is 0. The van der Waals surface area contributed by atoms with Crippen LogP contribution >= 0.6 is 0 Å². The highest BCUT2D eigenvalue weighted by Crippen LogP contribution is 2.26. The van der Waals surface area contributed by atoms with Gasteiger partial charge in [0.05, 0.1) is 25.3 Å². The van der Waals surface area contributed by atoms with Crippen molar-refractivity contribution in [2.75, 3.05) is 14.2 Å². The molecule has 0 amide bonds. The molecule has 0 unspecified atom stereocenters. The third-order valence-corrected chi connectivity index (χ3v) is 5.08. The first-order valence-corrected chi connectivity index (χ1v) is 9.45. The number of esters is 2. The smallest absolute Gasteiger partial charge is 0.338 e. The molecule has 0 bridgehead atoms. The number of methoxy groups -OCH3 is 2. The zero-order chi connectivity index (χ0) is 21.3. The Morgan fingerprint density at radius 1 is 0.800 bits per heavy atom. The minimum absolute atomic E-state index is 0.159. The van der Waals surface area contributed by atoms with Crippen LogP contribution in [0.2, 0.25) is 0 Å². The Balaban J connectivity index is 2.15. The number of para-hydroxylation sites is 2. The maximum absolute atomic E-state index is 12.5. The van der Waals surface area contributed by atoms with Gasteiger partial charge in [-0.2, -0.15) is 9.13 Å². The van der Waals surface area contributed by atoms with Crippen molar-refractivity contribution in [3.63, 3.8) is 0 Å². The van der Waals surface area contributed by atoms with Gasteiger partial charge in [-0.05, 0) is 24.3 Å². The summed E-state index contributed by atoms with van der Waals surface area (Å²) in [6.45, 7) is 2.00. The van der Waals surface area contributed by atoms with Gasteiger partial charge in [0.25, 0.3) is 5.82 Å². The maximum Gasteiger partial charge on any atom is 0.338 e. The third kappa shape index (κ3) is 3.12. The van der Waals surface area contributed by atoms with Crippen LogP contribution < -0.4 is 4.57 Å². The lowest BCUT2D eigenvalue weighted by Gasteiger charge is -2.06. The monoisotopic (exact) mass is 401 g/mol. The topological polar surface area (TPSA) is 61.4 Å². The van der Waals surface area contributed by atoms with Gasteiger partial charge in [-0.3, -0.25) is 0 Å². The molecule has 0 saturated carbocycles. The van der Waals surface area contributed by atoms with Crippen molar-refractivity contribution in [1.29, 1.82) is 0 Å². The molecule has 0 aliphatic rings. The van der Waals surface area contributed by atoms with Crippen LogP contribution in [-0.2, 0) is 9.47 Å². The van der Waals surface area contributed by atoms with Crippen molar-refractivity contribution in [1.82, 2.24) is 4.57 Å². The predicted molar refractivity (Wildman–Crippen MR) is 112 cm³/mol. The SMILES string of the molecule is COC(=O)c1cc2c(cc1C(=O)OC)[n+](-c1ccccc1)c(C)n2-c1ccccc1. The highest BCUT2D eigenvalue weighted by molar-refractivity contribution is 6.06. The average Bonchev–Trinajstić information content (AvgIpc) is 3.09. The second kappa shape index (κ2) is 7.83. The van der Waals surface area contributed by atoms with Crippen molar-refractivity contribution < 1.29 is 23.6 Å². The van der Waals surface area contributed by atoms with Gasteiger partial charge in [-0.1, -0.05) is 36.4 Å². The Morgan fingerprint density at radius 2 is 1.33 bits per heavy atom. The Morgan fingerprint density at radius 3 is 1.90 bits per heavy atom. The van der Waals surface area contributed by atoms with Crippen molar-refractivity contribution in [3.05, 3.63) is 89.7 Å². The standard InChI is InChI=1S/C24H21N2O4/c1-16-25(17-10-6-4-7-11-17)21-14-19(23(27)29-2)20(24(28)30-3)15-22(21)26(16)18-12-8-5-9-13-18/h4-15H,1-3H3/q+1. The summed E-state index contributed by atoms with van der Waals surface area (Å²) in [6.07, 6.45) is 0. The molecule has 0 N–H and O–H groups in total. The number of aromatic nitrogens is 2. The summed E-state index contributed by atoms with van der Waals surface area (Å²) in [7, 11) is 2.58. The summed E-state index contributed by atoms with van der Waals surface area (Å²) in [6, 6.07) is 23.1. The summed E-state index contributed by atoms with van der Waals surface area (Å²) < 4.78 is 14.0. The summed E-state index contributed by atoms with van der Waals surface area (Å²) in [5.41, 5.74) is 3.75. The van der Waals surface area contributed by atoms with Crippen LogP contribution in [-0.4, -0.2) is 30.7 Å². The molecule has 1 aromatic heterocycles. The van der Waals surface area contributed by atoms with Gasteiger partial charge in [0.1, 0.15) is 11.4 Å². The Kier molecular flexibility index (Phi) is 5.06. The molecule has 0 aliphatic carbocycles. The first-order valence-electron chi connectivity index (χ1n) is 9.45. The maximum atomic E-state index is 12.5. The predicted octanol–water partition coefficient (Wildman–Crippen LogP) is 3.79. The molecular formula is C24H21N2O4+. The highest BCUT2D eigenvalue weighted by Gasteiger charge is 2.29. The zero-order valence-corrected chi connectivity index (χ0v) is 17.0. The summed E-state index contributed by atoms with van der Waals surface area (Å²) in [5, 5.41) is 0. The average molecular weight is 401 g/mol. The number of ether oxygens (including phenoxy) is 2. The van der Waals surface area contributed by atoms with E-state index in [1.807, 2.05) is 67.6 Å². The first kappa shape index (κ1) is 19.4. The second-order valence-electron chi connectivity index (χ2n) is 6.76. The fraction of sp³-hybridized carbons (Fsp3) is 0.125. The Bertz CT molecular complexity index is 1150. The lowest BCUT2D eigenvalue weighted by molar-refractivity contribution is -0.575. The quantitative estimate of drug-likeness (QED) is 0.386. The summed E-state index contributed by atoms with van der Waals surface area (Å²) in [4.78, 5) is 24.9. The van der Waals surface area contributed by atoms with Gasteiger partial charge in [0.2, 0.25) is 0 Å². The number of hydrogen-bond acceptors (Lipinski definition) is 4. The summed E-state index contributed by atoms with van der Waals surface area (Å²) >= 11 is 0. The van der Waals surface area contributed by atoms with Gasteiger partial charge < -0.3 is 9.47 Å². The van der Waals surface area contributed by atoms with Crippen LogP contribution in [0.15, 0.2) is 72.8 Å². The van der Waals surface area contributed by atoms with E-state index in [1.54, 1.807) is 12.1 Å². The molecule has 0 radical (unpaired) electrons. The van der Waals surface area contributed by atoms with E-state index in [4.69, 9.17) is 9.47 Å². The molecule has 0 atom stereocenters. The van der Waals surface area contributed by atoms with Crippen molar-refractivity contribution in [2.45, 2.75) is 6.92 Å². The number of benzene rings is 3. The Labute approximate surface area is 173 Å². The van der Waals surface area contributed by atoms with Gasteiger partial charge in [-0.15, -0.1) is 0 Å². The lowest BCUT2D eigenvalue weighted by atomic mass is 10.1. The van der Waals surface area contributed by atoms with E-state index in [0.717, 1.165) is 28.2 Å². The fourth-order valence-corrected chi connectivity index (χ4v) is 3.75. The molecule has 0 aliphatic heterocycles. The van der Waals surface area contributed by atoms with Gasteiger partial charge in [0.15, 0.2) is 11.0 Å². The fourth-order valence-electron chi connectivity index (χ4n) is 3.75. The van der Waals surface area contributed by atoms with Crippen molar-refractivity contribution in [2.24, 2.45) is 0 Å². The minimum atomic E-state index is -0.595. The highest BCUT2D eigenvalue weighted by atomic mass is 16.5. The molecule has 4 aromatic rings. The largest absolute Gasteiger partial charge is 0.465 e. The molecular weight excluding hydrogens is 380 g/mol. The number of carbonyl (C=O) groups is 2. The molecule has 3 aromatic carbocycles. The molecule has 30 heavy (non-hydrogen) atoms.